The Hall–Kier alpha value is -2.46. The molecule has 0 saturated heterocycles. The predicted molar refractivity (Wildman–Crippen MR) is 78.5 cm³/mol. The van der Waals surface area contributed by atoms with Gasteiger partial charge < -0.3 is 5.73 Å². The van der Waals surface area contributed by atoms with Gasteiger partial charge in [-0.15, -0.1) is 0 Å². The number of aromatic nitrogens is 2. The summed E-state index contributed by atoms with van der Waals surface area (Å²) in [6.45, 7) is 0. The minimum atomic E-state index is -0.480. The van der Waals surface area contributed by atoms with Gasteiger partial charge in [0, 0.05) is 23.3 Å². The number of nitrogens with zero attached hydrogens (tertiary/aromatic N) is 2. The lowest BCUT2D eigenvalue weighted by atomic mass is 10.0. The van der Waals surface area contributed by atoms with Crippen molar-refractivity contribution in [3.05, 3.63) is 59.5 Å². The number of pyridine rings is 2. The SMILES string of the molecule is NC(=O)c1ccnc2ccc(-c3cccnc3Cl)cc12. The van der Waals surface area contributed by atoms with Crippen LogP contribution in [-0.2, 0) is 0 Å². The van der Waals surface area contributed by atoms with Crippen LogP contribution in [0.3, 0.4) is 0 Å². The molecule has 0 atom stereocenters. The lowest BCUT2D eigenvalue weighted by molar-refractivity contribution is 0.100. The Labute approximate surface area is 120 Å². The first-order chi connectivity index (χ1) is 9.66. The molecule has 3 aromatic rings. The van der Waals surface area contributed by atoms with Gasteiger partial charge in [-0.1, -0.05) is 17.7 Å². The van der Waals surface area contributed by atoms with Gasteiger partial charge in [-0.25, -0.2) is 4.98 Å². The molecular weight excluding hydrogens is 274 g/mol. The molecule has 0 aliphatic heterocycles. The zero-order chi connectivity index (χ0) is 14.1. The molecule has 2 aromatic heterocycles. The minimum Gasteiger partial charge on any atom is -0.366 e. The van der Waals surface area contributed by atoms with Crippen LogP contribution < -0.4 is 5.73 Å². The fourth-order valence-electron chi connectivity index (χ4n) is 2.13. The maximum Gasteiger partial charge on any atom is 0.249 e. The lowest BCUT2D eigenvalue weighted by Gasteiger charge is -2.07. The third-order valence-corrected chi connectivity index (χ3v) is 3.38. The van der Waals surface area contributed by atoms with Crippen LogP contribution in [0.1, 0.15) is 10.4 Å². The third kappa shape index (κ3) is 2.10. The fourth-order valence-corrected chi connectivity index (χ4v) is 2.36. The lowest BCUT2D eigenvalue weighted by Crippen LogP contribution is -2.11. The number of fused-ring (bicyclic) bond motifs is 1. The van der Waals surface area contributed by atoms with E-state index in [1.807, 2.05) is 30.3 Å². The largest absolute Gasteiger partial charge is 0.366 e. The van der Waals surface area contributed by atoms with E-state index in [0.717, 1.165) is 11.1 Å². The van der Waals surface area contributed by atoms with E-state index in [2.05, 4.69) is 9.97 Å². The molecule has 5 heteroatoms. The molecule has 1 aromatic carbocycles. The normalized spacial score (nSPS) is 10.7. The van der Waals surface area contributed by atoms with Gasteiger partial charge in [-0.2, -0.15) is 0 Å². The first-order valence-electron chi connectivity index (χ1n) is 5.96. The summed E-state index contributed by atoms with van der Waals surface area (Å²) >= 11 is 6.09. The van der Waals surface area contributed by atoms with Crippen molar-refractivity contribution in [1.82, 2.24) is 9.97 Å². The summed E-state index contributed by atoms with van der Waals surface area (Å²) in [6, 6.07) is 10.9. The second kappa shape index (κ2) is 4.90. The van der Waals surface area contributed by atoms with Crippen molar-refractivity contribution in [2.75, 3.05) is 0 Å². The van der Waals surface area contributed by atoms with Crippen molar-refractivity contribution >= 4 is 28.4 Å². The molecule has 0 saturated carbocycles. The molecule has 0 aliphatic carbocycles. The maximum absolute atomic E-state index is 11.5. The summed E-state index contributed by atoms with van der Waals surface area (Å²) < 4.78 is 0. The Morgan fingerprint density at radius 1 is 1.10 bits per heavy atom. The van der Waals surface area contributed by atoms with E-state index < -0.39 is 5.91 Å². The average molecular weight is 284 g/mol. The van der Waals surface area contributed by atoms with E-state index in [4.69, 9.17) is 17.3 Å². The van der Waals surface area contributed by atoms with Crippen molar-refractivity contribution in [3.8, 4) is 11.1 Å². The molecule has 0 spiro atoms. The second-order valence-electron chi connectivity index (χ2n) is 4.30. The predicted octanol–water partition coefficient (Wildman–Crippen LogP) is 3.05. The third-order valence-electron chi connectivity index (χ3n) is 3.08. The molecule has 4 nitrogen and oxygen atoms in total. The topological polar surface area (TPSA) is 68.9 Å². The van der Waals surface area contributed by atoms with Gasteiger partial charge in [0.1, 0.15) is 5.15 Å². The molecule has 0 radical (unpaired) electrons. The van der Waals surface area contributed by atoms with Crippen LogP contribution in [0.15, 0.2) is 48.8 Å². The van der Waals surface area contributed by atoms with Crippen molar-refractivity contribution in [1.29, 1.82) is 0 Å². The van der Waals surface area contributed by atoms with Gasteiger partial charge in [0.05, 0.1) is 11.1 Å². The van der Waals surface area contributed by atoms with Crippen molar-refractivity contribution in [2.24, 2.45) is 5.73 Å². The number of carbonyl (C=O) groups excluding carboxylic acids is 1. The summed E-state index contributed by atoms with van der Waals surface area (Å²) in [5.74, 6) is -0.480. The first-order valence-corrected chi connectivity index (χ1v) is 6.34. The highest BCUT2D eigenvalue weighted by atomic mass is 35.5. The molecule has 2 heterocycles. The number of nitrogens with two attached hydrogens (primary N) is 1. The molecule has 98 valence electrons. The van der Waals surface area contributed by atoms with E-state index in [0.29, 0.717) is 21.6 Å². The van der Waals surface area contributed by atoms with E-state index in [1.165, 1.54) is 0 Å². The van der Waals surface area contributed by atoms with E-state index in [1.54, 1.807) is 18.5 Å². The van der Waals surface area contributed by atoms with Crippen molar-refractivity contribution in [3.63, 3.8) is 0 Å². The van der Waals surface area contributed by atoms with E-state index >= 15 is 0 Å². The van der Waals surface area contributed by atoms with Crippen LogP contribution in [0.2, 0.25) is 5.15 Å². The first kappa shape index (κ1) is 12.6. The molecular formula is C15H10ClN3O. The molecule has 0 aliphatic rings. The number of hydrogen-bond donors (Lipinski definition) is 1. The highest BCUT2D eigenvalue weighted by molar-refractivity contribution is 6.32. The Balaban J connectivity index is 2.27. The number of hydrogen-bond acceptors (Lipinski definition) is 3. The van der Waals surface area contributed by atoms with Crippen molar-refractivity contribution in [2.45, 2.75) is 0 Å². The van der Waals surface area contributed by atoms with Crippen LogP contribution in [0.5, 0.6) is 0 Å². The number of halogens is 1. The number of amides is 1. The Morgan fingerprint density at radius 3 is 2.70 bits per heavy atom. The van der Waals surface area contributed by atoms with Crippen LogP contribution in [0.4, 0.5) is 0 Å². The summed E-state index contributed by atoms with van der Waals surface area (Å²) in [6.07, 6.45) is 3.20. The molecule has 0 fully saturated rings. The van der Waals surface area contributed by atoms with Gasteiger partial charge >= 0.3 is 0 Å². The summed E-state index contributed by atoms with van der Waals surface area (Å²) in [5, 5.41) is 1.12. The molecule has 2 N–H and O–H groups in total. The fraction of sp³-hybridized carbons (Fsp3) is 0. The van der Waals surface area contributed by atoms with Crippen molar-refractivity contribution < 1.29 is 4.79 Å². The zero-order valence-electron chi connectivity index (χ0n) is 10.4. The van der Waals surface area contributed by atoms with Crippen LogP contribution in [0, 0.1) is 0 Å². The highest BCUT2D eigenvalue weighted by Gasteiger charge is 2.10. The zero-order valence-corrected chi connectivity index (χ0v) is 11.1. The number of carbonyl (C=O) groups is 1. The summed E-state index contributed by atoms with van der Waals surface area (Å²) in [7, 11) is 0. The van der Waals surface area contributed by atoms with E-state index in [-0.39, 0.29) is 0 Å². The molecule has 0 bridgehead atoms. The molecule has 1 amide bonds. The Bertz CT molecular complexity index is 817. The number of primary amides is 1. The maximum atomic E-state index is 11.5. The van der Waals surface area contributed by atoms with Crippen LogP contribution in [-0.4, -0.2) is 15.9 Å². The minimum absolute atomic E-state index is 0.413. The Morgan fingerprint density at radius 2 is 1.95 bits per heavy atom. The van der Waals surface area contributed by atoms with Gasteiger partial charge in [0.25, 0.3) is 0 Å². The summed E-state index contributed by atoms with van der Waals surface area (Å²) in [4.78, 5) is 19.8. The number of benzene rings is 1. The molecule has 3 rings (SSSR count). The van der Waals surface area contributed by atoms with E-state index in [9.17, 15) is 4.79 Å². The second-order valence-corrected chi connectivity index (χ2v) is 4.65. The molecule has 0 unspecified atom stereocenters. The Kier molecular flexibility index (Phi) is 3.08. The number of rotatable bonds is 2. The monoisotopic (exact) mass is 283 g/mol. The van der Waals surface area contributed by atoms with Gasteiger partial charge in [-0.3, -0.25) is 9.78 Å². The summed E-state index contributed by atoms with van der Waals surface area (Å²) in [5.41, 5.74) is 8.22. The quantitative estimate of drug-likeness (QED) is 0.735. The van der Waals surface area contributed by atoms with Gasteiger partial charge in [0.15, 0.2) is 0 Å². The average Bonchev–Trinajstić information content (AvgIpc) is 2.46. The highest BCUT2D eigenvalue weighted by Crippen LogP contribution is 2.29. The van der Waals surface area contributed by atoms with Crippen LogP contribution in [0.25, 0.3) is 22.0 Å². The smallest absolute Gasteiger partial charge is 0.249 e. The van der Waals surface area contributed by atoms with Gasteiger partial charge in [-0.05, 0) is 35.9 Å². The standard InChI is InChI=1S/C15H10ClN3O/c16-14-10(2-1-6-19-14)9-3-4-13-12(8-9)11(15(17)20)5-7-18-13/h1-8H,(H2,17,20). The van der Waals surface area contributed by atoms with Crippen LogP contribution >= 0.6 is 11.6 Å². The van der Waals surface area contributed by atoms with Gasteiger partial charge in [0.2, 0.25) is 5.91 Å². The molecule has 20 heavy (non-hydrogen) atoms.